The predicted molar refractivity (Wildman–Crippen MR) is 267 cm³/mol. The average molecular weight is 1030 g/mol. The Bertz CT molecular complexity index is 2100. The van der Waals surface area contributed by atoms with Gasteiger partial charge in [-0.05, 0) is 75.5 Å². The highest BCUT2D eigenvalue weighted by Crippen LogP contribution is 2.34. The van der Waals surface area contributed by atoms with Gasteiger partial charge in [0.1, 0.15) is 36.0 Å². The molecule has 406 valence electrons. The molecule has 20 heteroatoms. The summed E-state index contributed by atoms with van der Waals surface area (Å²) in [7, 11) is 0. The maximum Gasteiger partial charge on any atom is 0.248 e. The molecule has 4 heterocycles. The summed E-state index contributed by atoms with van der Waals surface area (Å²) in [5, 5.41) is 88.1. The van der Waals surface area contributed by atoms with Crippen molar-refractivity contribution in [2.45, 2.75) is 191 Å². The van der Waals surface area contributed by atoms with Crippen molar-refractivity contribution < 1.29 is 69.3 Å². The number of fused-ring (bicyclic) bond motifs is 4. The number of aliphatic hydroxyl groups excluding tert-OH is 6. The summed E-state index contributed by atoms with van der Waals surface area (Å²) in [6, 6.07) is -2.37. The van der Waals surface area contributed by atoms with Crippen molar-refractivity contribution in [3.8, 4) is 5.75 Å². The standard InChI is InChI=1S/C53H80N6O14/c1-5-6-7-8-9-10-11-12-13-14-15-16-17-18-19-20-40(65)54-44-41-31(3)42(55-49(44)69)52(72)58-29-35(62)26-37(58)39(64)27-36(38(63)25-33-21-23-34(61)24-22-33)48(68)56-43(32(4)60)53(73)59-28-30(2)46(66)45(59)50(70)57-51(71)47(41)67/h9-10,12-13,21-24,30-32,35-38,41-47,51,60-63,66-67,71H,5-8,11,14-20,25-29H2,1-4H3,(H,54,65)(H,55,69)(H,56,68)(H,57,70)/b10-9-,13-12-/t30-,31-,32+,35+,36-,37-,38+,41?,42-,43-,44-,45?,46-,47+,51+/m0/s1. The molecule has 4 aliphatic heterocycles. The molecule has 20 nitrogen and oxygen atoms in total. The number of Topliss-reactive ketones (excluding diaryl/α,β-unsaturated/α-hetero) is 1. The van der Waals surface area contributed by atoms with Crippen molar-refractivity contribution in [3.05, 3.63) is 54.1 Å². The number of phenolic OH excluding ortho intramolecular Hbond substituents is 1. The number of piperidine rings is 1. The van der Waals surface area contributed by atoms with Crippen molar-refractivity contribution in [3.63, 3.8) is 0 Å². The Morgan fingerprint density at radius 1 is 0.767 bits per heavy atom. The molecule has 15 atom stereocenters. The molecule has 2 unspecified atom stereocenters. The van der Waals surface area contributed by atoms with Gasteiger partial charge in [-0.2, -0.15) is 0 Å². The van der Waals surface area contributed by atoms with Gasteiger partial charge in [-0.15, -0.1) is 0 Å². The number of allylic oxidation sites excluding steroid dienone is 4. The summed E-state index contributed by atoms with van der Waals surface area (Å²) in [5.74, 6) is -11.5. The number of hydrogen-bond donors (Lipinski definition) is 11. The number of aliphatic hydroxyl groups is 6. The lowest BCUT2D eigenvalue weighted by Gasteiger charge is -2.45. The lowest BCUT2D eigenvalue weighted by molar-refractivity contribution is -0.154. The molecular weight excluding hydrogens is 945 g/mol. The van der Waals surface area contributed by atoms with Gasteiger partial charge in [-0.25, -0.2) is 0 Å². The second-order valence-electron chi connectivity index (χ2n) is 20.6. The maximum absolute atomic E-state index is 14.6. The molecule has 0 spiro atoms. The summed E-state index contributed by atoms with van der Waals surface area (Å²) in [4.78, 5) is 101. The minimum Gasteiger partial charge on any atom is -0.508 e. The first-order chi connectivity index (χ1) is 34.7. The Labute approximate surface area is 428 Å². The van der Waals surface area contributed by atoms with Crippen molar-refractivity contribution >= 4 is 41.2 Å². The fourth-order valence-electron chi connectivity index (χ4n) is 10.6. The second-order valence-corrected chi connectivity index (χ2v) is 20.6. The quantitative estimate of drug-likeness (QED) is 0.0674. The highest BCUT2D eigenvalue weighted by atomic mass is 16.3. The van der Waals surface area contributed by atoms with Crippen LogP contribution in [0.1, 0.15) is 123 Å². The van der Waals surface area contributed by atoms with Crippen LogP contribution in [0.5, 0.6) is 5.75 Å². The summed E-state index contributed by atoms with van der Waals surface area (Å²) >= 11 is 0. The maximum atomic E-state index is 14.6. The van der Waals surface area contributed by atoms with Gasteiger partial charge < -0.3 is 66.8 Å². The van der Waals surface area contributed by atoms with Crippen LogP contribution in [0.3, 0.4) is 0 Å². The van der Waals surface area contributed by atoms with Gasteiger partial charge in [0.15, 0.2) is 12.0 Å². The fourth-order valence-corrected chi connectivity index (χ4v) is 10.6. The van der Waals surface area contributed by atoms with E-state index in [0.717, 1.165) is 54.7 Å². The molecule has 1 aromatic carbocycles. The second kappa shape index (κ2) is 27.9. The zero-order chi connectivity index (χ0) is 53.5. The summed E-state index contributed by atoms with van der Waals surface area (Å²) in [6.07, 6.45) is 7.71. The number of amides is 6. The number of phenols is 1. The lowest BCUT2D eigenvalue weighted by Crippen LogP contribution is -2.69. The van der Waals surface area contributed by atoms with Gasteiger partial charge in [-0.3, -0.25) is 33.6 Å². The molecule has 6 amide bonds. The first kappa shape index (κ1) is 58.6. The number of rotatable bonds is 19. The zero-order valence-electron chi connectivity index (χ0n) is 42.7. The number of nitrogens with zero attached hydrogens (tertiary/aromatic N) is 2. The van der Waals surface area contributed by atoms with Crippen molar-refractivity contribution in [2.24, 2.45) is 23.7 Å². The van der Waals surface area contributed by atoms with E-state index in [2.05, 4.69) is 52.5 Å². The lowest BCUT2D eigenvalue weighted by atomic mass is 9.74. The van der Waals surface area contributed by atoms with Crippen LogP contribution in [0.15, 0.2) is 48.6 Å². The van der Waals surface area contributed by atoms with Crippen LogP contribution in [0.4, 0.5) is 0 Å². The molecule has 0 aliphatic carbocycles. The number of unbranched alkanes of at least 4 members (excludes halogenated alkanes) is 8. The largest absolute Gasteiger partial charge is 0.508 e. The van der Waals surface area contributed by atoms with Crippen LogP contribution in [0, 0.1) is 23.7 Å². The van der Waals surface area contributed by atoms with E-state index in [-0.39, 0.29) is 31.6 Å². The molecule has 11 N–H and O–H groups in total. The summed E-state index contributed by atoms with van der Waals surface area (Å²) < 4.78 is 0. The van der Waals surface area contributed by atoms with E-state index in [1.165, 1.54) is 64.3 Å². The normalized spacial score (nSPS) is 31.6. The van der Waals surface area contributed by atoms with Crippen molar-refractivity contribution in [1.29, 1.82) is 0 Å². The third-order valence-corrected chi connectivity index (χ3v) is 14.9. The highest BCUT2D eigenvalue weighted by molar-refractivity contribution is 5.99. The Morgan fingerprint density at radius 2 is 1.41 bits per heavy atom. The number of aromatic hydroxyl groups is 1. The molecule has 4 saturated heterocycles. The summed E-state index contributed by atoms with van der Waals surface area (Å²) in [6.45, 7) is 5.70. The predicted octanol–water partition coefficient (Wildman–Crippen LogP) is 0.764. The SMILES string of the molecule is CCCCC/C=C\C/C=C\CCCCCCCC(=O)N[C@@H]1C(=O)N[C@@H]2C(=O)N3C[C@H](O)C[C@H]3C(=O)C[C@@H]([C@H](O)Cc3ccc(O)cc3)C(=O)N[C@@H]([C@@H](C)O)C(=O)N3C[C@H](C)[C@H](O)C3C(=O)N[C@H](O)[C@H](O)C1[C@@H]2C. The molecule has 0 radical (unpaired) electrons. The van der Waals surface area contributed by atoms with E-state index in [9.17, 15) is 69.3 Å². The van der Waals surface area contributed by atoms with Gasteiger partial charge in [0, 0.05) is 44.2 Å². The topological polar surface area (TPSA) is 316 Å². The van der Waals surface area contributed by atoms with Gasteiger partial charge in [0.05, 0.1) is 36.4 Å². The average Bonchev–Trinajstić information content (AvgIpc) is 3.89. The van der Waals surface area contributed by atoms with Crippen LogP contribution in [0.2, 0.25) is 0 Å². The minimum absolute atomic E-state index is 0.0135. The van der Waals surface area contributed by atoms with Crippen LogP contribution >= 0.6 is 0 Å². The Balaban J connectivity index is 1.38. The Morgan fingerprint density at radius 3 is 2.07 bits per heavy atom. The third kappa shape index (κ3) is 15.6. The van der Waals surface area contributed by atoms with E-state index in [4.69, 9.17) is 0 Å². The molecule has 5 rings (SSSR count). The molecule has 1 aromatic rings. The first-order valence-electron chi connectivity index (χ1n) is 26.3. The van der Waals surface area contributed by atoms with Crippen LogP contribution in [-0.4, -0.2) is 167 Å². The van der Waals surface area contributed by atoms with Gasteiger partial charge in [-0.1, -0.05) is 89.3 Å². The van der Waals surface area contributed by atoms with Gasteiger partial charge in [0.2, 0.25) is 35.4 Å². The Hall–Kier alpha value is -5.25. The molecule has 4 fully saturated rings. The van der Waals surface area contributed by atoms with Crippen LogP contribution in [-0.2, 0) is 40.0 Å². The zero-order valence-corrected chi connectivity index (χ0v) is 42.7. The van der Waals surface area contributed by atoms with Crippen molar-refractivity contribution in [2.75, 3.05) is 13.1 Å². The summed E-state index contributed by atoms with van der Waals surface area (Å²) in [5.41, 5.74) is 0.447. The first-order valence-corrected chi connectivity index (χ1v) is 26.3. The van der Waals surface area contributed by atoms with Gasteiger partial charge in [0.25, 0.3) is 0 Å². The third-order valence-electron chi connectivity index (χ3n) is 14.9. The number of ketones is 1. The van der Waals surface area contributed by atoms with Crippen LogP contribution < -0.4 is 21.3 Å². The van der Waals surface area contributed by atoms with E-state index < -0.39 is 145 Å². The van der Waals surface area contributed by atoms with E-state index in [1.54, 1.807) is 0 Å². The van der Waals surface area contributed by atoms with E-state index in [1.807, 2.05) is 0 Å². The van der Waals surface area contributed by atoms with E-state index >= 15 is 0 Å². The van der Waals surface area contributed by atoms with Gasteiger partial charge >= 0.3 is 0 Å². The molecule has 4 aliphatic rings. The molecular formula is C53H80N6O14. The molecule has 0 aromatic heterocycles. The van der Waals surface area contributed by atoms with Crippen LogP contribution in [0.25, 0.3) is 0 Å². The van der Waals surface area contributed by atoms with Crippen molar-refractivity contribution in [1.82, 2.24) is 31.1 Å². The number of carbonyl (C=O) groups is 7. The number of nitrogens with one attached hydrogen (secondary N) is 4. The molecule has 2 bridgehead atoms. The molecule has 0 saturated carbocycles. The molecule has 73 heavy (non-hydrogen) atoms. The Kier molecular flexibility index (Phi) is 22.4. The van der Waals surface area contributed by atoms with E-state index in [0.29, 0.717) is 12.0 Å². The fraction of sp³-hybridized carbons (Fsp3) is 0.679. The highest BCUT2D eigenvalue weighted by Gasteiger charge is 2.54. The minimum atomic E-state index is -2.23. The number of benzene rings is 1. The monoisotopic (exact) mass is 1020 g/mol. The number of hydrogen-bond acceptors (Lipinski definition) is 14. The smallest absolute Gasteiger partial charge is 0.248 e. The number of carbonyl (C=O) groups excluding carboxylic acids is 7.